The lowest BCUT2D eigenvalue weighted by Crippen LogP contribution is -2.61. The largest absolute Gasteiger partial charge is 0.453 e. The molecule has 0 aliphatic carbocycles. The average Bonchev–Trinajstić information content (AvgIpc) is 2.98. The summed E-state index contributed by atoms with van der Waals surface area (Å²) in [6.45, 7) is 3.06. The number of carbonyl (C=O) groups excluding carboxylic acids is 1. The average molecular weight is 640 g/mol. The van der Waals surface area contributed by atoms with Crippen LogP contribution in [-0.2, 0) is 48.3 Å². The topological polar surface area (TPSA) is 63.2 Å². The van der Waals surface area contributed by atoms with Crippen LogP contribution in [-0.4, -0.2) is 52.0 Å². The van der Waals surface area contributed by atoms with Crippen molar-refractivity contribution in [2.75, 3.05) is 12.4 Å². The summed E-state index contributed by atoms with van der Waals surface area (Å²) in [6.07, 6.45) is -3.05. The Morgan fingerprint density at radius 2 is 1.24 bits per heavy atom. The second-order valence-corrected chi connectivity index (χ2v) is 13.0. The van der Waals surface area contributed by atoms with Gasteiger partial charge in [-0.3, -0.25) is 0 Å². The lowest BCUT2D eigenvalue weighted by atomic mass is 9.99. The van der Waals surface area contributed by atoms with Gasteiger partial charge in [0.2, 0.25) is 0 Å². The fourth-order valence-corrected chi connectivity index (χ4v) is 5.52. The van der Waals surface area contributed by atoms with Crippen LogP contribution in [0, 0.1) is 0 Å². The maximum absolute atomic E-state index is 12.9. The Hall–Kier alpha value is -1.81. The monoisotopic (exact) mass is 638 g/mol. The standard InChI is InChI=1S/C31H33Cl3O6S/c1-2-41-29-28(38-20-24-16-10-5-11-17-24)27(37-19-23-14-8-4-9-15-23)26(40-30(35)31(32,33)34)25(39-29)21-36-18-22-12-6-3-7-13-22/h3-17,25-29H,2,18-21H2,1H3/t25-,26+,27+,28-,29+/m1/s1. The molecule has 3 aromatic rings. The van der Waals surface area contributed by atoms with Gasteiger partial charge in [-0.2, -0.15) is 0 Å². The summed E-state index contributed by atoms with van der Waals surface area (Å²) in [7, 11) is 0. The van der Waals surface area contributed by atoms with E-state index in [1.54, 1.807) is 11.8 Å². The summed E-state index contributed by atoms with van der Waals surface area (Å²) in [5.74, 6) is -0.266. The molecule has 0 bridgehead atoms. The van der Waals surface area contributed by atoms with E-state index < -0.39 is 39.6 Å². The summed E-state index contributed by atoms with van der Waals surface area (Å²) < 4.78 is 29.0. The SMILES string of the molecule is CCS[C@@H]1O[C@H](COCc2ccccc2)[C@H](OC(=O)C(Cl)(Cl)Cl)[C@H](OCc2ccccc2)[C@H]1OCc1ccccc1. The van der Waals surface area contributed by atoms with Crippen LogP contribution in [0.5, 0.6) is 0 Å². The molecule has 41 heavy (non-hydrogen) atoms. The van der Waals surface area contributed by atoms with E-state index in [2.05, 4.69) is 0 Å². The Kier molecular flexibility index (Phi) is 12.6. The molecular formula is C31H33Cl3O6S. The predicted octanol–water partition coefficient (Wildman–Crippen LogP) is 7.13. The van der Waals surface area contributed by atoms with E-state index >= 15 is 0 Å². The number of benzene rings is 3. The molecule has 0 N–H and O–H groups in total. The van der Waals surface area contributed by atoms with Gasteiger partial charge in [0.15, 0.2) is 6.10 Å². The molecule has 0 amide bonds. The van der Waals surface area contributed by atoms with Gasteiger partial charge in [-0.25, -0.2) is 4.79 Å². The molecule has 4 rings (SSSR count). The van der Waals surface area contributed by atoms with Gasteiger partial charge in [0.05, 0.1) is 26.4 Å². The van der Waals surface area contributed by atoms with Gasteiger partial charge >= 0.3 is 5.97 Å². The molecule has 0 radical (unpaired) electrons. The van der Waals surface area contributed by atoms with E-state index in [0.29, 0.717) is 13.2 Å². The number of thioether (sulfide) groups is 1. The summed E-state index contributed by atoms with van der Waals surface area (Å²) in [6, 6.07) is 29.3. The maximum Gasteiger partial charge on any atom is 0.359 e. The van der Waals surface area contributed by atoms with E-state index in [1.165, 1.54) is 0 Å². The van der Waals surface area contributed by atoms with Crippen molar-refractivity contribution in [3.05, 3.63) is 108 Å². The lowest BCUT2D eigenvalue weighted by Gasteiger charge is -2.45. The van der Waals surface area contributed by atoms with Gasteiger partial charge in [0.1, 0.15) is 23.7 Å². The molecule has 5 atom stereocenters. The van der Waals surface area contributed by atoms with Crippen LogP contribution in [0.15, 0.2) is 91.0 Å². The molecule has 0 aromatic heterocycles. The van der Waals surface area contributed by atoms with E-state index in [-0.39, 0.29) is 13.2 Å². The molecule has 1 aliphatic rings. The summed E-state index contributed by atoms with van der Waals surface area (Å²) in [4.78, 5) is 12.9. The fraction of sp³-hybridized carbons (Fsp3) is 0.387. The number of hydrogen-bond acceptors (Lipinski definition) is 7. The molecule has 6 nitrogen and oxygen atoms in total. The first-order chi connectivity index (χ1) is 19.8. The van der Waals surface area contributed by atoms with Crippen LogP contribution in [0.1, 0.15) is 23.6 Å². The summed E-state index contributed by atoms with van der Waals surface area (Å²) >= 11 is 19.3. The predicted molar refractivity (Wildman–Crippen MR) is 163 cm³/mol. The molecule has 1 aliphatic heterocycles. The molecule has 0 saturated carbocycles. The first-order valence-electron chi connectivity index (χ1n) is 13.3. The zero-order chi connectivity index (χ0) is 29.1. The molecule has 1 fully saturated rings. The minimum Gasteiger partial charge on any atom is -0.453 e. The second kappa shape index (κ2) is 16.1. The quantitative estimate of drug-likeness (QED) is 0.146. The Balaban J connectivity index is 1.62. The normalized spacial score (nSPS) is 22.8. The first-order valence-corrected chi connectivity index (χ1v) is 15.5. The molecule has 1 saturated heterocycles. The highest BCUT2D eigenvalue weighted by atomic mass is 35.6. The van der Waals surface area contributed by atoms with Crippen molar-refractivity contribution in [1.29, 1.82) is 0 Å². The van der Waals surface area contributed by atoms with Gasteiger partial charge in [-0.15, -0.1) is 11.8 Å². The fourth-order valence-electron chi connectivity index (χ4n) is 4.41. The van der Waals surface area contributed by atoms with Gasteiger partial charge < -0.3 is 23.7 Å². The van der Waals surface area contributed by atoms with Crippen LogP contribution in [0.4, 0.5) is 0 Å². The van der Waals surface area contributed by atoms with Gasteiger partial charge in [0, 0.05) is 0 Å². The van der Waals surface area contributed by atoms with Crippen LogP contribution in [0.2, 0.25) is 0 Å². The minimum absolute atomic E-state index is 0.115. The van der Waals surface area contributed by atoms with E-state index in [4.69, 9.17) is 58.5 Å². The van der Waals surface area contributed by atoms with Gasteiger partial charge in [-0.05, 0) is 22.4 Å². The molecule has 10 heteroatoms. The molecule has 0 spiro atoms. The van der Waals surface area contributed by atoms with Crippen molar-refractivity contribution in [1.82, 2.24) is 0 Å². The minimum atomic E-state index is -2.28. The lowest BCUT2D eigenvalue weighted by molar-refractivity contribution is -0.248. The van der Waals surface area contributed by atoms with Crippen LogP contribution in [0.25, 0.3) is 0 Å². The van der Waals surface area contributed by atoms with E-state index in [0.717, 1.165) is 22.4 Å². The molecule has 1 heterocycles. The number of alkyl halides is 3. The third-order valence-corrected chi connectivity index (χ3v) is 7.87. The molecular weight excluding hydrogens is 607 g/mol. The Morgan fingerprint density at radius 3 is 1.73 bits per heavy atom. The van der Waals surface area contributed by atoms with Crippen molar-refractivity contribution < 1.29 is 28.5 Å². The number of halogens is 3. The molecule has 220 valence electrons. The van der Waals surface area contributed by atoms with E-state index in [9.17, 15) is 4.79 Å². The highest BCUT2D eigenvalue weighted by Crippen LogP contribution is 2.37. The van der Waals surface area contributed by atoms with Crippen molar-refractivity contribution in [2.24, 2.45) is 0 Å². The number of hydrogen-bond donors (Lipinski definition) is 0. The molecule has 0 unspecified atom stereocenters. The maximum atomic E-state index is 12.9. The number of rotatable bonds is 13. The first kappa shape index (κ1) is 32.1. The summed E-state index contributed by atoms with van der Waals surface area (Å²) in [5, 5.41) is 0. The number of carbonyl (C=O) groups is 1. The Bertz CT molecular complexity index is 1180. The molecule has 3 aromatic carbocycles. The van der Waals surface area contributed by atoms with Crippen molar-refractivity contribution >= 4 is 52.5 Å². The smallest absolute Gasteiger partial charge is 0.359 e. The van der Waals surface area contributed by atoms with Crippen LogP contribution < -0.4 is 0 Å². The third-order valence-electron chi connectivity index (χ3n) is 6.36. The van der Waals surface area contributed by atoms with Gasteiger partial charge in [0.25, 0.3) is 3.79 Å². The zero-order valence-corrected chi connectivity index (χ0v) is 25.7. The third kappa shape index (κ3) is 9.87. The highest BCUT2D eigenvalue weighted by molar-refractivity contribution is 7.99. The van der Waals surface area contributed by atoms with E-state index in [1.807, 2.05) is 97.9 Å². The Labute approximate surface area is 260 Å². The van der Waals surface area contributed by atoms with Crippen molar-refractivity contribution in [3.8, 4) is 0 Å². The second-order valence-electron chi connectivity index (χ2n) is 9.39. The van der Waals surface area contributed by atoms with Gasteiger partial charge in [-0.1, -0.05) is 133 Å². The van der Waals surface area contributed by atoms with Crippen molar-refractivity contribution in [2.45, 2.75) is 60.4 Å². The van der Waals surface area contributed by atoms with Crippen LogP contribution in [0.3, 0.4) is 0 Å². The Morgan fingerprint density at radius 1 is 0.756 bits per heavy atom. The number of esters is 1. The van der Waals surface area contributed by atoms with Crippen molar-refractivity contribution in [3.63, 3.8) is 0 Å². The zero-order valence-electron chi connectivity index (χ0n) is 22.6. The van der Waals surface area contributed by atoms with Crippen LogP contribution >= 0.6 is 46.6 Å². The summed E-state index contributed by atoms with van der Waals surface area (Å²) in [5.41, 5.74) is 2.50. The number of ether oxygens (including phenoxy) is 5. The highest BCUT2D eigenvalue weighted by Gasteiger charge is 2.51.